The van der Waals surface area contributed by atoms with E-state index in [9.17, 15) is 0 Å². The standard InChI is InChI=1S/C13H15ClN2O/c1-8-4-5-11(6-9(8)2)7-12-15-13(10(3)14)17-16-12/h4-6,10H,7H2,1-3H3. The number of benzene rings is 1. The highest BCUT2D eigenvalue weighted by molar-refractivity contribution is 6.20. The summed E-state index contributed by atoms with van der Waals surface area (Å²) in [5.74, 6) is 1.15. The quantitative estimate of drug-likeness (QED) is 0.782. The second-order valence-corrected chi connectivity index (χ2v) is 4.91. The van der Waals surface area contributed by atoms with Gasteiger partial charge in [-0.1, -0.05) is 23.4 Å². The molecule has 1 heterocycles. The van der Waals surface area contributed by atoms with Crippen LogP contribution in [0.2, 0.25) is 0 Å². The van der Waals surface area contributed by atoms with Crippen LogP contribution in [0.25, 0.3) is 0 Å². The molecule has 90 valence electrons. The zero-order valence-electron chi connectivity index (χ0n) is 10.2. The fourth-order valence-corrected chi connectivity index (χ4v) is 1.69. The molecule has 0 bridgehead atoms. The highest BCUT2D eigenvalue weighted by atomic mass is 35.5. The van der Waals surface area contributed by atoms with Gasteiger partial charge in [-0.2, -0.15) is 4.98 Å². The smallest absolute Gasteiger partial charge is 0.244 e. The number of alkyl halides is 1. The zero-order chi connectivity index (χ0) is 12.4. The van der Waals surface area contributed by atoms with Crippen molar-refractivity contribution in [3.8, 4) is 0 Å². The molecule has 0 spiro atoms. The lowest BCUT2D eigenvalue weighted by atomic mass is 10.0. The molecule has 2 rings (SSSR count). The summed E-state index contributed by atoms with van der Waals surface area (Å²) in [7, 11) is 0. The van der Waals surface area contributed by atoms with Gasteiger partial charge in [-0.3, -0.25) is 0 Å². The van der Waals surface area contributed by atoms with E-state index in [1.165, 1.54) is 16.7 Å². The van der Waals surface area contributed by atoms with Gasteiger partial charge in [0.1, 0.15) is 5.38 Å². The largest absolute Gasteiger partial charge is 0.338 e. The van der Waals surface area contributed by atoms with E-state index in [1.54, 1.807) is 0 Å². The monoisotopic (exact) mass is 250 g/mol. The van der Waals surface area contributed by atoms with Crippen molar-refractivity contribution in [2.75, 3.05) is 0 Å². The van der Waals surface area contributed by atoms with Crippen LogP contribution >= 0.6 is 11.6 Å². The van der Waals surface area contributed by atoms with Crippen LogP contribution in [0.3, 0.4) is 0 Å². The van der Waals surface area contributed by atoms with E-state index >= 15 is 0 Å². The van der Waals surface area contributed by atoms with Gasteiger partial charge >= 0.3 is 0 Å². The van der Waals surface area contributed by atoms with E-state index < -0.39 is 0 Å². The molecular formula is C13H15ClN2O. The summed E-state index contributed by atoms with van der Waals surface area (Å²) in [5.41, 5.74) is 3.75. The molecule has 1 aromatic heterocycles. The van der Waals surface area contributed by atoms with Crippen LogP contribution in [-0.2, 0) is 6.42 Å². The maximum atomic E-state index is 5.87. The minimum Gasteiger partial charge on any atom is -0.338 e. The van der Waals surface area contributed by atoms with Gasteiger partial charge in [-0.25, -0.2) is 0 Å². The molecule has 1 aromatic carbocycles. The van der Waals surface area contributed by atoms with Crippen LogP contribution in [0.15, 0.2) is 22.7 Å². The van der Waals surface area contributed by atoms with Crippen LogP contribution in [0.4, 0.5) is 0 Å². The van der Waals surface area contributed by atoms with Crippen molar-refractivity contribution < 1.29 is 4.52 Å². The van der Waals surface area contributed by atoms with Crippen LogP contribution < -0.4 is 0 Å². The van der Waals surface area contributed by atoms with Gasteiger partial charge in [-0.05, 0) is 37.5 Å². The van der Waals surface area contributed by atoms with Gasteiger partial charge in [-0.15, -0.1) is 11.6 Å². The van der Waals surface area contributed by atoms with Gasteiger partial charge < -0.3 is 4.52 Å². The first kappa shape index (κ1) is 12.1. The molecule has 0 amide bonds. The Morgan fingerprint density at radius 2 is 2.06 bits per heavy atom. The highest BCUT2D eigenvalue weighted by Crippen LogP contribution is 2.18. The van der Waals surface area contributed by atoms with E-state index in [2.05, 4.69) is 42.2 Å². The SMILES string of the molecule is Cc1ccc(Cc2noc(C(C)Cl)n2)cc1C. The second-order valence-electron chi connectivity index (χ2n) is 4.26. The Morgan fingerprint density at radius 1 is 1.29 bits per heavy atom. The molecule has 1 unspecified atom stereocenters. The molecule has 0 aliphatic carbocycles. The summed E-state index contributed by atoms with van der Waals surface area (Å²) in [4.78, 5) is 4.25. The van der Waals surface area contributed by atoms with Crippen molar-refractivity contribution in [3.63, 3.8) is 0 Å². The summed E-state index contributed by atoms with van der Waals surface area (Å²) in [6, 6.07) is 6.34. The van der Waals surface area contributed by atoms with Crippen LogP contribution in [0.5, 0.6) is 0 Å². The molecule has 3 nitrogen and oxygen atoms in total. The lowest BCUT2D eigenvalue weighted by molar-refractivity contribution is 0.374. The second kappa shape index (κ2) is 4.88. The third-order valence-corrected chi connectivity index (χ3v) is 2.94. The van der Waals surface area contributed by atoms with Crippen molar-refractivity contribution in [1.82, 2.24) is 10.1 Å². The summed E-state index contributed by atoms with van der Waals surface area (Å²) in [6.07, 6.45) is 0.675. The Kier molecular flexibility index (Phi) is 3.48. The fourth-order valence-electron chi connectivity index (χ4n) is 1.60. The maximum Gasteiger partial charge on any atom is 0.244 e. The van der Waals surface area contributed by atoms with Crippen LogP contribution in [0, 0.1) is 13.8 Å². The number of halogens is 1. The van der Waals surface area contributed by atoms with Gasteiger partial charge in [0, 0.05) is 6.42 Å². The normalized spacial score (nSPS) is 12.7. The van der Waals surface area contributed by atoms with Crippen molar-refractivity contribution >= 4 is 11.6 Å². The Labute approximate surface area is 106 Å². The van der Waals surface area contributed by atoms with Crippen molar-refractivity contribution in [3.05, 3.63) is 46.6 Å². The number of rotatable bonds is 3. The number of aromatic nitrogens is 2. The molecule has 0 fully saturated rings. The first-order valence-electron chi connectivity index (χ1n) is 5.59. The lowest BCUT2D eigenvalue weighted by Gasteiger charge is -2.02. The summed E-state index contributed by atoms with van der Waals surface area (Å²) >= 11 is 5.87. The van der Waals surface area contributed by atoms with Crippen LogP contribution in [0.1, 0.15) is 40.7 Å². The summed E-state index contributed by atoms with van der Waals surface area (Å²) in [6.45, 7) is 6.01. The molecule has 0 saturated carbocycles. The van der Waals surface area contributed by atoms with E-state index in [0.29, 0.717) is 18.1 Å². The molecular weight excluding hydrogens is 236 g/mol. The Bertz CT molecular complexity index is 520. The molecule has 17 heavy (non-hydrogen) atoms. The van der Waals surface area contributed by atoms with E-state index in [-0.39, 0.29) is 5.38 Å². The van der Waals surface area contributed by atoms with E-state index in [4.69, 9.17) is 16.1 Å². The van der Waals surface area contributed by atoms with Gasteiger partial charge in [0.15, 0.2) is 5.82 Å². The molecule has 0 saturated heterocycles. The molecule has 0 aliphatic rings. The molecule has 0 radical (unpaired) electrons. The average Bonchev–Trinajstić information content (AvgIpc) is 2.72. The Morgan fingerprint density at radius 3 is 2.65 bits per heavy atom. The number of aryl methyl sites for hydroxylation is 2. The Balaban J connectivity index is 2.16. The first-order chi connectivity index (χ1) is 8.06. The van der Waals surface area contributed by atoms with Crippen molar-refractivity contribution in [1.29, 1.82) is 0 Å². The predicted octanol–water partition coefficient (Wildman–Crippen LogP) is 3.58. The fraction of sp³-hybridized carbons (Fsp3) is 0.385. The Hall–Kier alpha value is -1.35. The predicted molar refractivity (Wildman–Crippen MR) is 67.3 cm³/mol. The minimum atomic E-state index is -0.240. The van der Waals surface area contributed by atoms with Gasteiger partial charge in [0.2, 0.25) is 5.89 Å². The van der Waals surface area contributed by atoms with E-state index in [0.717, 1.165) is 0 Å². The van der Waals surface area contributed by atoms with Gasteiger partial charge in [0.25, 0.3) is 0 Å². The third kappa shape index (κ3) is 2.86. The first-order valence-corrected chi connectivity index (χ1v) is 6.02. The number of hydrogen-bond donors (Lipinski definition) is 0. The average molecular weight is 251 g/mol. The molecule has 0 N–H and O–H groups in total. The minimum absolute atomic E-state index is 0.240. The molecule has 0 aliphatic heterocycles. The molecule has 4 heteroatoms. The summed E-state index contributed by atoms with van der Waals surface area (Å²) in [5, 5.41) is 3.67. The highest BCUT2D eigenvalue weighted by Gasteiger charge is 2.11. The molecule has 2 aromatic rings. The summed E-state index contributed by atoms with van der Waals surface area (Å²) < 4.78 is 5.06. The maximum absolute atomic E-state index is 5.87. The lowest BCUT2D eigenvalue weighted by Crippen LogP contribution is -1.93. The number of hydrogen-bond acceptors (Lipinski definition) is 3. The van der Waals surface area contributed by atoms with Crippen LogP contribution in [-0.4, -0.2) is 10.1 Å². The zero-order valence-corrected chi connectivity index (χ0v) is 11.0. The third-order valence-electron chi connectivity index (χ3n) is 2.76. The van der Waals surface area contributed by atoms with E-state index in [1.807, 2.05) is 6.92 Å². The number of nitrogens with zero attached hydrogens (tertiary/aromatic N) is 2. The van der Waals surface area contributed by atoms with Crippen molar-refractivity contribution in [2.24, 2.45) is 0 Å². The topological polar surface area (TPSA) is 38.9 Å². The molecule has 1 atom stereocenters. The van der Waals surface area contributed by atoms with Gasteiger partial charge in [0.05, 0.1) is 0 Å². The van der Waals surface area contributed by atoms with Crippen molar-refractivity contribution in [2.45, 2.75) is 32.6 Å².